The third kappa shape index (κ3) is 4.18. The summed E-state index contributed by atoms with van der Waals surface area (Å²) in [5.41, 5.74) is 11.0. The number of hydrogen-bond donors (Lipinski definition) is 1. The van der Waals surface area contributed by atoms with Gasteiger partial charge in [0.1, 0.15) is 34.4 Å². The number of anilines is 2. The molecule has 1 saturated heterocycles. The molecule has 6 rings (SSSR count). The molecule has 5 aromatic rings. The largest absolute Gasteiger partial charge is 0.457 e. The molecule has 174 valence electrons. The van der Waals surface area contributed by atoms with Crippen LogP contribution in [-0.4, -0.2) is 40.7 Å². The lowest BCUT2D eigenvalue weighted by atomic mass is 10.1. The lowest BCUT2D eigenvalue weighted by molar-refractivity contribution is 0.122. The first-order chi connectivity index (χ1) is 17.3. The van der Waals surface area contributed by atoms with E-state index in [-0.39, 0.29) is 0 Å². The summed E-state index contributed by atoms with van der Waals surface area (Å²) in [6.45, 7) is 3.33. The molecule has 0 spiro atoms. The third-order valence-corrected chi connectivity index (χ3v) is 6.19. The van der Waals surface area contributed by atoms with E-state index in [1.165, 1.54) is 5.69 Å². The second kappa shape index (κ2) is 9.12. The van der Waals surface area contributed by atoms with Crippen LogP contribution in [0.1, 0.15) is 0 Å². The van der Waals surface area contributed by atoms with Gasteiger partial charge in [0.2, 0.25) is 0 Å². The van der Waals surface area contributed by atoms with E-state index in [0.717, 1.165) is 66.0 Å². The zero-order valence-electron chi connectivity index (χ0n) is 19.2. The van der Waals surface area contributed by atoms with Crippen molar-refractivity contribution >= 4 is 17.0 Å². The molecule has 35 heavy (non-hydrogen) atoms. The number of imidazole rings is 1. The van der Waals surface area contributed by atoms with Crippen LogP contribution in [0.2, 0.25) is 0 Å². The van der Waals surface area contributed by atoms with Crippen LogP contribution in [0.15, 0.2) is 91.3 Å². The van der Waals surface area contributed by atoms with E-state index in [2.05, 4.69) is 34.1 Å². The highest BCUT2D eigenvalue weighted by molar-refractivity contribution is 5.88. The standard InChI is InChI=1S/C28H25N5O2/c29-27-26-25(20-8-12-24(13-9-20)35-23-4-2-1-3-5-23)31-28(33(26)15-14-30-27)21-6-10-22(11-7-21)32-16-18-34-19-17-32/h1-15H,16-19H2,(H2,29,30). The van der Waals surface area contributed by atoms with E-state index in [0.29, 0.717) is 5.82 Å². The number of benzene rings is 3. The molecule has 0 bridgehead atoms. The minimum Gasteiger partial charge on any atom is -0.457 e. The van der Waals surface area contributed by atoms with Gasteiger partial charge in [-0.1, -0.05) is 18.2 Å². The monoisotopic (exact) mass is 463 g/mol. The maximum absolute atomic E-state index is 6.32. The van der Waals surface area contributed by atoms with Crippen LogP contribution >= 0.6 is 0 Å². The Labute approximate surface area is 203 Å². The zero-order valence-corrected chi connectivity index (χ0v) is 19.2. The maximum Gasteiger partial charge on any atom is 0.150 e. The van der Waals surface area contributed by atoms with Gasteiger partial charge in [-0.2, -0.15) is 0 Å². The number of fused-ring (bicyclic) bond motifs is 1. The van der Waals surface area contributed by atoms with Crippen LogP contribution in [0.4, 0.5) is 11.5 Å². The molecule has 0 radical (unpaired) electrons. The summed E-state index contributed by atoms with van der Waals surface area (Å²) in [7, 11) is 0. The fourth-order valence-corrected chi connectivity index (χ4v) is 4.42. The molecule has 0 saturated carbocycles. The van der Waals surface area contributed by atoms with Crippen LogP contribution in [0.25, 0.3) is 28.2 Å². The van der Waals surface area contributed by atoms with E-state index in [9.17, 15) is 0 Å². The first kappa shape index (κ1) is 21.2. The van der Waals surface area contributed by atoms with Crippen LogP contribution in [0.5, 0.6) is 11.5 Å². The molecule has 3 aromatic carbocycles. The molecule has 1 aliphatic rings. The quantitative estimate of drug-likeness (QED) is 0.382. The Hall–Kier alpha value is -4.36. The maximum atomic E-state index is 6.32. The van der Waals surface area contributed by atoms with Gasteiger partial charge in [-0.25, -0.2) is 9.97 Å². The molecule has 2 N–H and O–H groups in total. The van der Waals surface area contributed by atoms with Gasteiger partial charge in [-0.05, 0) is 60.7 Å². The van der Waals surface area contributed by atoms with Crippen molar-refractivity contribution in [1.29, 1.82) is 0 Å². The predicted molar refractivity (Wildman–Crippen MR) is 138 cm³/mol. The second-order valence-corrected chi connectivity index (χ2v) is 8.40. The third-order valence-electron chi connectivity index (χ3n) is 6.19. The van der Waals surface area contributed by atoms with E-state index >= 15 is 0 Å². The molecule has 2 aromatic heterocycles. The average molecular weight is 464 g/mol. The number of morpholine rings is 1. The molecule has 0 amide bonds. The van der Waals surface area contributed by atoms with E-state index in [1.54, 1.807) is 6.20 Å². The lowest BCUT2D eigenvalue weighted by Gasteiger charge is -2.28. The average Bonchev–Trinajstić information content (AvgIpc) is 3.31. The summed E-state index contributed by atoms with van der Waals surface area (Å²) in [5.74, 6) is 2.82. The molecule has 1 fully saturated rings. The van der Waals surface area contributed by atoms with Crippen molar-refractivity contribution < 1.29 is 9.47 Å². The van der Waals surface area contributed by atoms with Crippen molar-refractivity contribution in [2.45, 2.75) is 0 Å². The summed E-state index contributed by atoms with van der Waals surface area (Å²) in [6.07, 6.45) is 3.61. The fourth-order valence-electron chi connectivity index (χ4n) is 4.42. The van der Waals surface area contributed by atoms with Crippen molar-refractivity contribution in [2.75, 3.05) is 36.9 Å². The number of nitrogens with zero attached hydrogens (tertiary/aromatic N) is 4. The molecule has 0 aliphatic carbocycles. The number of para-hydroxylation sites is 1. The van der Waals surface area contributed by atoms with Crippen LogP contribution in [-0.2, 0) is 4.74 Å². The van der Waals surface area contributed by atoms with Gasteiger partial charge in [-0.3, -0.25) is 4.40 Å². The molecule has 7 nitrogen and oxygen atoms in total. The summed E-state index contributed by atoms with van der Waals surface area (Å²) < 4.78 is 13.4. The van der Waals surface area contributed by atoms with Crippen LogP contribution in [0.3, 0.4) is 0 Å². The first-order valence-electron chi connectivity index (χ1n) is 11.7. The SMILES string of the molecule is Nc1nccn2c(-c3ccc(N4CCOCC4)cc3)nc(-c3ccc(Oc4ccccc4)cc3)c12. The van der Waals surface area contributed by atoms with E-state index < -0.39 is 0 Å². The Kier molecular flexibility index (Phi) is 5.52. The van der Waals surface area contributed by atoms with Gasteiger partial charge >= 0.3 is 0 Å². The van der Waals surface area contributed by atoms with Gasteiger partial charge in [0.15, 0.2) is 0 Å². The molecule has 0 atom stereocenters. The summed E-state index contributed by atoms with van der Waals surface area (Å²) in [5, 5.41) is 0. The molecule has 7 heteroatoms. The minimum atomic E-state index is 0.441. The molecule has 3 heterocycles. The van der Waals surface area contributed by atoms with Crippen molar-refractivity contribution in [2.24, 2.45) is 0 Å². The molecular formula is C28H25N5O2. The Bertz CT molecular complexity index is 1440. The van der Waals surface area contributed by atoms with E-state index in [4.69, 9.17) is 20.2 Å². The van der Waals surface area contributed by atoms with Crippen molar-refractivity contribution in [1.82, 2.24) is 14.4 Å². The molecule has 1 aliphatic heterocycles. The summed E-state index contributed by atoms with van der Waals surface area (Å²) in [6, 6.07) is 26.1. The number of hydrogen-bond acceptors (Lipinski definition) is 6. The Morgan fingerprint density at radius 2 is 1.49 bits per heavy atom. The number of rotatable bonds is 5. The van der Waals surface area contributed by atoms with Gasteiger partial charge in [0, 0.05) is 42.3 Å². The van der Waals surface area contributed by atoms with Gasteiger partial charge < -0.3 is 20.1 Å². The van der Waals surface area contributed by atoms with Crippen LogP contribution in [0, 0.1) is 0 Å². The minimum absolute atomic E-state index is 0.441. The zero-order chi connectivity index (χ0) is 23.6. The lowest BCUT2D eigenvalue weighted by Crippen LogP contribution is -2.36. The van der Waals surface area contributed by atoms with Gasteiger partial charge in [0.05, 0.1) is 13.2 Å². The number of nitrogen functional groups attached to an aromatic ring is 1. The second-order valence-electron chi connectivity index (χ2n) is 8.40. The van der Waals surface area contributed by atoms with Crippen molar-refractivity contribution in [3.05, 3.63) is 91.3 Å². The Morgan fingerprint density at radius 1 is 0.800 bits per heavy atom. The van der Waals surface area contributed by atoms with Crippen LogP contribution < -0.4 is 15.4 Å². The number of nitrogens with two attached hydrogens (primary N) is 1. The summed E-state index contributed by atoms with van der Waals surface area (Å²) in [4.78, 5) is 11.7. The van der Waals surface area contributed by atoms with Crippen molar-refractivity contribution in [3.8, 4) is 34.1 Å². The molecular weight excluding hydrogens is 438 g/mol. The van der Waals surface area contributed by atoms with Crippen molar-refractivity contribution in [3.63, 3.8) is 0 Å². The predicted octanol–water partition coefficient (Wildman–Crippen LogP) is 5.27. The molecule has 0 unspecified atom stereocenters. The highest BCUT2D eigenvalue weighted by atomic mass is 16.5. The number of ether oxygens (including phenoxy) is 2. The summed E-state index contributed by atoms with van der Waals surface area (Å²) >= 11 is 0. The smallest absolute Gasteiger partial charge is 0.150 e. The highest BCUT2D eigenvalue weighted by Crippen LogP contribution is 2.34. The van der Waals surface area contributed by atoms with Gasteiger partial charge in [0.25, 0.3) is 0 Å². The van der Waals surface area contributed by atoms with Gasteiger partial charge in [-0.15, -0.1) is 0 Å². The fraction of sp³-hybridized carbons (Fsp3) is 0.143. The highest BCUT2D eigenvalue weighted by Gasteiger charge is 2.18. The number of aromatic nitrogens is 3. The topological polar surface area (TPSA) is 77.9 Å². The van der Waals surface area contributed by atoms with E-state index in [1.807, 2.05) is 65.2 Å². The first-order valence-corrected chi connectivity index (χ1v) is 11.7. The normalized spacial score (nSPS) is 13.8. The Morgan fingerprint density at radius 3 is 2.23 bits per heavy atom. The Balaban J connectivity index is 1.35.